The Labute approximate surface area is 156 Å². The van der Waals surface area contributed by atoms with Crippen LogP contribution in [-0.2, 0) is 35.6 Å². The van der Waals surface area contributed by atoms with Gasteiger partial charge in [0.25, 0.3) is 0 Å². The van der Waals surface area contributed by atoms with Crippen LogP contribution in [0, 0.1) is 0 Å². The highest BCUT2D eigenvalue weighted by molar-refractivity contribution is 7.88. The van der Waals surface area contributed by atoms with Crippen LogP contribution < -0.4 is 4.72 Å². The Kier molecular flexibility index (Phi) is 6.61. The molecule has 0 aromatic heterocycles. The van der Waals surface area contributed by atoms with Crippen molar-refractivity contribution in [2.24, 2.45) is 0 Å². The molecule has 2 atom stereocenters. The summed E-state index contributed by atoms with van der Waals surface area (Å²) in [4.78, 5) is 35.1. The summed E-state index contributed by atoms with van der Waals surface area (Å²) in [6, 6.07) is 8.08. The van der Waals surface area contributed by atoms with Gasteiger partial charge >= 0.3 is 28.4 Å². The molecule has 1 fully saturated rings. The number of cyclic esters (lactones) is 1. The van der Waals surface area contributed by atoms with Crippen molar-refractivity contribution in [1.29, 1.82) is 0 Å². The quantitative estimate of drug-likeness (QED) is 0.530. The fraction of sp³-hybridized carbons (Fsp3) is 0.438. The Bertz CT molecular complexity index is 796. The number of rotatable bonds is 7. The maximum atomic E-state index is 12.4. The molecule has 0 radical (unpaired) electrons. The average molecular weight is 400 g/mol. The van der Waals surface area contributed by atoms with Crippen LogP contribution in [0.3, 0.4) is 0 Å². The predicted octanol–water partition coefficient (Wildman–Crippen LogP) is 0.973. The van der Waals surface area contributed by atoms with Crippen LogP contribution in [0.4, 0.5) is 9.59 Å². The molecule has 1 heterocycles. The number of benzene rings is 1. The summed E-state index contributed by atoms with van der Waals surface area (Å²) in [5, 5.41) is 0. The molecule has 11 heteroatoms. The lowest BCUT2D eigenvalue weighted by atomic mass is 10.1. The van der Waals surface area contributed by atoms with Gasteiger partial charge in [0.2, 0.25) is 0 Å². The molecule has 1 saturated heterocycles. The van der Waals surface area contributed by atoms with Crippen molar-refractivity contribution in [2.75, 3.05) is 13.2 Å². The molecule has 1 aliphatic rings. The minimum absolute atomic E-state index is 0.0766. The van der Waals surface area contributed by atoms with Gasteiger partial charge in [0.15, 0.2) is 6.10 Å². The highest BCUT2D eigenvalue weighted by Gasteiger charge is 2.43. The van der Waals surface area contributed by atoms with Gasteiger partial charge in [0, 0.05) is 0 Å². The maximum absolute atomic E-state index is 12.4. The third kappa shape index (κ3) is 5.33. The lowest BCUT2D eigenvalue weighted by molar-refractivity contribution is -0.152. The monoisotopic (exact) mass is 400 g/mol. The second-order valence-corrected chi connectivity index (χ2v) is 7.17. The van der Waals surface area contributed by atoms with E-state index in [0.29, 0.717) is 4.31 Å². The zero-order chi connectivity index (χ0) is 20.0. The van der Waals surface area contributed by atoms with Crippen molar-refractivity contribution < 1.29 is 37.0 Å². The average Bonchev–Trinajstić information content (AvgIpc) is 2.96. The van der Waals surface area contributed by atoms with E-state index < -0.39 is 40.5 Å². The van der Waals surface area contributed by atoms with Crippen molar-refractivity contribution in [3.63, 3.8) is 0 Å². The highest BCUT2D eigenvalue weighted by atomic mass is 32.2. The zero-order valence-corrected chi connectivity index (χ0v) is 15.6. The normalized spacial score (nSPS) is 17.8. The van der Waals surface area contributed by atoms with Crippen LogP contribution >= 0.6 is 0 Å². The molecule has 2 amide bonds. The molecule has 1 aliphatic heterocycles. The molecule has 0 bridgehead atoms. The molecule has 10 nitrogen and oxygen atoms in total. The van der Waals surface area contributed by atoms with Gasteiger partial charge in [-0.3, -0.25) is 0 Å². The molecule has 1 aromatic rings. The van der Waals surface area contributed by atoms with E-state index in [1.54, 1.807) is 42.0 Å². The number of nitrogens with zero attached hydrogens (tertiary/aromatic N) is 1. The van der Waals surface area contributed by atoms with Gasteiger partial charge < -0.3 is 14.2 Å². The molecule has 0 saturated carbocycles. The molecule has 27 heavy (non-hydrogen) atoms. The number of esters is 1. The summed E-state index contributed by atoms with van der Waals surface area (Å²) in [5.74, 6) is -0.826. The van der Waals surface area contributed by atoms with Crippen LogP contribution in [0.15, 0.2) is 30.3 Å². The Morgan fingerprint density at radius 2 is 2.00 bits per heavy atom. The van der Waals surface area contributed by atoms with Crippen LogP contribution in [0.1, 0.15) is 19.4 Å². The first-order chi connectivity index (χ1) is 12.7. The van der Waals surface area contributed by atoms with Crippen molar-refractivity contribution >= 4 is 28.4 Å². The Morgan fingerprint density at radius 1 is 1.33 bits per heavy atom. The molecule has 0 unspecified atom stereocenters. The summed E-state index contributed by atoms with van der Waals surface area (Å²) in [6.07, 6.45) is -3.61. The first-order valence-corrected chi connectivity index (χ1v) is 9.58. The number of nitrogens with one attached hydrogen (secondary N) is 1. The fourth-order valence-electron chi connectivity index (χ4n) is 2.42. The second kappa shape index (κ2) is 8.71. The van der Waals surface area contributed by atoms with Gasteiger partial charge in [-0.15, -0.1) is 0 Å². The number of ether oxygens (including phenoxy) is 3. The lowest BCUT2D eigenvalue weighted by Crippen LogP contribution is -2.49. The zero-order valence-electron chi connectivity index (χ0n) is 14.8. The lowest BCUT2D eigenvalue weighted by Gasteiger charge is -2.21. The van der Waals surface area contributed by atoms with Crippen LogP contribution in [0.5, 0.6) is 0 Å². The second-order valence-electron chi connectivity index (χ2n) is 5.62. The standard InChI is InChI=1S/C16H20N2O8S/c1-3-24-14(19)11(2)26-15(20)17-27(22,23)18-13(10-25-16(18)21)9-12-7-5-4-6-8-12/h4-8,11,13H,3,9-10H2,1-2H3,(H,17,20)/t11-,13-/m0/s1. The predicted molar refractivity (Wildman–Crippen MR) is 91.8 cm³/mol. The number of carbonyl (C=O) groups is 3. The minimum Gasteiger partial charge on any atom is -0.463 e. The van der Waals surface area contributed by atoms with E-state index in [2.05, 4.69) is 9.47 Å². The number of hydrogen-bond acceptors (Lipinski definition) is 8. The summed E-state index contributed by atoms with van der Waals surface area (Å²) in [6.45, 7) is 2.73. The molecule has 0 aliphatic carbocycles. The van der Waals surface area contributed by atoms with E-state index in [4.69, 9.17) is 4.74 Å². The molecule has 1 N–H and O–H groups in total. The van der Waals surface area contributed by atoms with Gasteiger partial charge in [-0.25, -0.2) is 19.1 Å². The van der Waals surface area contributed by atoms with E-state index in [1.807, 2.05) is 0 Å². The van der Waals surface area contributed by atoms with Gasteiger partial charge in [-0.1, -0.05) is 30.3 Å². The van der Waals surface area contributed by atoms with Crippen molar-refractivity contribution in [1.82, 2.24) is 9.03 Å². The summed E-state index contributed by atoms with van der Waals surface area (Å²) in [5.41, 5.74) is 0.791. The van der Waals surface area contributed by atoms with Gasteiger partial charge in [0.1, 0.15) is 6.61 Å². The van der Waals surface area contributed by atoms with Crippen molar-refractivity contribution in [2.45, 2.75) is 32.4 Å². The van der Waals surface area contributed by atoms with Crippen LogP contribution in [0.2, 0.25) is 0 Å². The number of carbonyl (C=O) groups excluding carboxylic acids is 3. The highest BCUT2D eigenvalue weighted by Crippen LogP contribution is 2.20. The molecular weight excluding hydrogens is 380 g/mol. The summed E-state index contributed by atoms with van der Waals surface area (Å²) < 4.78 is 41.0. The number of amides is 2. The maximum Gasteiger partial charge on any atom is 0.425 e. The van der Waals surface area contributed by atoms with Gasteiger partial charge in [0.05, 0.1) is 12.6 Å². The smallest absolute Gasteiger partial charge is 0.425 e. The third-order valence-electron chi connectivity index (χ3n) is 3.60. The van der Waals surface area contributed by atoms with Crippen molar-refractivity contribution in [3.05, 3.63) is 35.9 Å². The Morgan fingerprint density at radius 3 is 2.63 bits per heavy atom. The third-order valence-corrected chi connectivity index (χ3v) is 4.99. The van der Waals surface area contributed by atoms with Gasteiger partial charge in [-0.2, -0.15) is 12.7 Å². The molecule has 0 spiro atoms. The Balaban J connectivity index is 2.05. The van der Waals surface area contributed by atoms with Crippen LogP contribution in [0.25, 0.3) is 0 Å². The van der Waals surface area contributed by atoms with E-state index in [0.717, 1.165) is 5.56 Å². The minimum atomic E-state index is -4.58. The summed E-state index contributed by atoms with van der Waals surface area (Å²) in [7, 11) is -4.58. The fourth-order valence-corrected chi connectivity index (χ4v) is 3.55. The topological polar surface area (TPSA) is 128 Å². The van der Waals surface area contributed by atoms with E-state index >= 15 is 0 Å². The first kappa shape index (κ1) is 20.5. The SMILES string of the molecule is CCOC(=O)[C@H](C)OC(=O)NS(=O)(=O)N1C(=O)OC[C@@H]1Cc1ccccc1. The largest absolute Gasteiger partial charge is 0.463 e. The molecule has 1 aromatic carbocycles. The summed E-state index contributed by atoms with van der Waals surface area (Å²) >= 11 is 0. The number of hydrogen-bond donors (Lipinski definition) is 1. The van der Waals surface area contributed by atoms with E-state index in [9.17, 15) is 22.8 Å². The molecule has 2 rings (SSSR count). The van der Waals surface area contributed by atoms with Crippen LogP contribution in [-0.4, -0.2) is 56.2 Å². The molecule has 148 valence electrons. The van der Waals surface area contributed by atoms with Gasteiger partial charge in [-0.05, 0) is 25.8 Å². The first-order valence-electron chi connectivity index (χ1n) is 8.14. The molecular formula is C16H20N2O8S. The van der Waals surface area contributed by atoms with E-state index in [-0.39, 0.29) is 19.6 Å². The van der Waals surface area contributed by atoms with Crippen molar-refractivity contribution in [3.8, 4) is 0 Å². The Hall–Kier alpha value is -2.82. The van der Waals surface area contributed by atoms with E-state index in [1.165, 1.54) is 6.92 Å².